The highest BCUT2D eigenvalue weighted by molar-refractivity contribution is 7.09. The van der Waals surface area contributed by atoms with Crippen LogP contribution in [0.25, 0.3) is 0 Å². The van der Waals surface area contributed by atoms with Crippen LogP contribution in [0, 0.1) is 6.92 Å². The topological polar surface area (TPSA) is 54.5 Å². The van der Waals surface area contributed by atoms with E-state index in [-0.39, 0.29) is 6.09 Å². The lowest BCUT2D eigenvalue weighted by atomic mass is 10.1. The molecule has 6 heteroatoms. The lowest BCUT2D eigenvalue weighted by molar-refractivity contribution is 0.0198. The zero-order valence-corrected chi connectivity index (χ0v) is 14.1. The SMILES string of the molecule is Cc1nc(CNC2CCN(C(=O)OC(C)(C)C)CC2)cs1. The van der Waals surface area contributed by atoms with Gasteiger partial charge in [-0.2, -0.15) is 0 Å². The Morgan fingerprint density at radius 3 is 2.67 bits per heavy atom. The molecule has 2 rings (SSSR count). The van der Waals surface area contributed by atoms with E-state index in [1.165, 1.54) is 0 Å². The summed E-state index contributed by atoms with van der Waals surface area (Å²) in [5, 5.41) is 6.72. The molecule has 0 aromatic carbocycles. The molecule has 0 saturated carbocycles. The first-order chi connectivity index (χ1) is 9.83. The summed E-state index contributed by atoms with van der Waals surface area (Å²) in [4.78, 5) is 18.2. The van der Waals surface area contributed by atoms with Crippen LogP contribution >= 0.6 is 11.3 Å². The monoisotopic (exact) mass is 311 g/mol. The number of rotatable bonds is 3. The maximum Gasteiger partial charge on any atom is 0.410 e. The largest absolute Gasteiger partial charge is 0.444 e. The second-order valence-electron chi connectivity index (χ2n) is 6.48. The molecule has 21 heavy (non-hydrogen) atoms. The van der Waals surface area contributed by atoms with Gasteiger partial charge in [-0.25, -0.2) is 9.78 Å². The summed E-state index contributed by atoms with van der Waals surface area (Å²) in [6.45, 7) is 10.0. The van der Waals surface area contributed by atoms with E-state index >= 15 is 0 Å². The summed E-state index contributed by atoms with van der Waals surface area (Å²) in [5.41, 5.74) is 0.682. The van der Waals surface area contributed by atoms with Gasteiger partial charge >= 0.3 is 6.09 Å². The number of hydrogen-bond donors (Lipinski definition) is 1. The molecule has 0 bridgehead atoms. The molecule has 0 aliphatic carbocycles. The zero-order chi connectivity index (χ0) is 15.5. The first kappa shape index (κ1) is 16.2. The predicted octanol–water partition coefficient (Wildman–Crippen LogP) is 2.94. The van der Waals surface area contributed by atoms with Crippen LogP contribution in [0.1, 0.15) is 44.3 Å². The van der Waals surface area contributed by atoms with Crippen molar-refractivity contribution in [2.24, 2.45) is 0 Å². The van der Waals surface area contributed by atoms with E-state index in [0.717, 1.165) is 43.2 Å². The van der Waals surface area contributed by atoms with Gasteiger partial charge in [-0.15, -0.1) is 11.3 Å². The fraction of sp³-hybridized carbons (Fsp3) is 0.733. The number of hydrogen-bond acceptors (Lipinski definition) is 5. The fourth-order valence-corrected chi connectivity index (χ4v) is 2.94. The van der Waals surface area contributed by atoms with Gasteiger partial charge in [0.2, 0.25) is 0 Å². The minimum absolute atomic E-state index is 0.198. The normalized spacial score (nSPS) is 17.0. The third kappa shape index (κ3) is 5.28. The van der Waals surface area contributed by atoms with Gasteiger partial charge in [0, 0.05) is 31.1 Å². The van der Waals surface area contributed by atoms with Crippen molar-refractivity contribution in [3.05, 3.63) is 16.1 Å². The highest BCUT2D eigenvalue weighted by atomic mass is 32.1. The summed E-state index contributed by atoms with van der Waals surface area (Å²) < 4.78 is 5.40. The maximum absolute atomic E-state index is 12.0. The van der Waals surface area contributed by atoms with Crippen LogP contribution in [-0.4, -0.2) is 40.7 Å². The molecular weight excluding hydrogens is 286 g/mol. The molecule has 0 unspecified atom stereocenters. The van der Waals surface area contributed by atoms with Gasteiger partial charge in [0.15, 0.2) is 0 Å². The first-order valence-electron chi connectivity index (χ1n) is 7.46. The van der Waals surface area contributed by atoms with Crippen molar-refractivity contribution in [2.75, 3.05) is 13.1 Å². The highest BCUT2D eigenvalue weighted by Gasteiger charge is 2.26. The fourth-order valence-electron chi connectivity index (χ4n) is 2.33. The molecule has 1 aromatic heterocycles. The quantitative estimate of drug-likeness (QED) is 0.932. The summed E-state index contributed by atoms with van der Waals surface area (Å²) in [5.74, 6) is 0. The predicted molar refractivity (Wildman–Crippen MR) is 84.5 cm³/mol. The molecule has 118 valence electrons. The number of amides is 1. The summed E-state index contributed by atoms with van der Waals surface area (Å²) in [6.07, 6.45) is 1.72. The average molecular weight is 311 g/mol. The van der Waals surface area contributed by atoms with E-state index in [4.69, 9.17) is 4.74 Å². The minimum atomic E-state index is -0.422. The van der Waals surface area contributed by atoms with Crippen LogP contribution in [0.5, 0.6) is 0 Å². The summed E-state index contributed by atoms with van der Waals surface area (Å²) in [6, 6.07) is 0.450. The van der Waals surface area contributed by atoms with E-state index in [0.29, 0.717) is 6.04 Å². The van der Waals surface area contributed by atoms with Crippen LogP contribution in [0.15, 0.2) is 5.38 Å². The van der Waals surface area contributed by atoms with E-state index in [1.807, 2.05) is 27.7 Å². The third-order valence-electron chi connectivity index (χ3n) is 3.39. The second kappa shape index (κ2) is 6.75. The average Bonchev–Trinajstić information content (AvgIpc) is 2.81. The minimum Gasteiger partial charge on any atom is -0.444 e. The molecule has 0 spiro atoms. The molecule has 1 saturated heterocycles. The number of nitrogens with one attached hydrogen (secondary N) is 1. The van der Waals surface area contributed by atoms with Gasteiger partial charge in [0.25, 0.3) is 0 Å². The molecule has 1 N–H and O–H groups in total. The van der Waals surface area contributed by atoms with Crippen LogP contribution in [-0.2, 0) is 11.3 Å². The Hall–Kier alpha value is -1.14. The number of ether oxygens (including phenoxy) is 1. The van der Waals surface area contributed by atoms with Gasteiger partial charge in [0.05, 0.1) is 10.7 Å². The Bertz CT molecular complexity index is 474. The van der Waals surface area contributed by atoms with E-state index in [1.54, 1.807) is 16.2 Å². The Kier molecular flexibility index (Phi) is 5.22. The molecule has 1 amide bonds. The van der Waals surface area contributed by atoms with Gasteiger partial charge in [-0.1, -0.05) is 0 Å². The number of aromatic nitrogens is 1. The maximum atomic E-state index is 12.0. The smallest absolute Gasteiger partial charge is 0.410 e. The van der Waals surface area contributed by atoms with Gasteiger partial charge in [-0.3, -0.25) is 0 Å². The van der Waals surface area contributed by atoms with Crippen molar-refractivity contribution in [2.45, 2.75) is 58.7 Å². The van der Waals surface area contributed by atoms with E-state index in [9.17, 15) is 4.79 Å². The molecule has 2 heterocycles. The van der Waals surface area contributed by atoms with Crippen molar-refractivity contribution in [1.29, 1.82) is 0 Å². The van der Waals surface area contributed by atoms with Crippen molar-refractivity contribution in [3.63, 3.8) is 0 Å². The van der Waals surface area contributed by atoms with Gasteiger partial charge in [-0.05, 0) is 40.5 Å². The van der Waals surface area contributed by atoms with Crippen molar-refractivity contribution < 1.29 is 9.53 Å². The van der Waals surface area contributed by atoms with Gasteiger partial charge < -0.3 is 15.0 Å². The van der Waals surface area contributed by atoms with Crippen molar-refractivity contribution >= 4 is 17.4 Å². The highest BCUT2D eigenvalue weighted by Crippen LogP contribution is 2.16. The van der Waals surface area contributed by atoms with Gasteiger partial charge in [0.1, 0.15) is 5.60 Å². The third-order valence-corrected chi connectivity index (χ3v) is 4.21. The second-order valence-corrected chi connectivity index (χ2v) is 7.54. The molecule has 1 aromatic rings. The number of nitrogens with zero attached hydrogens (tertiary/aromatic N) is 2. The number of thiazole rings is 1. The Balaban J connectivity index is 1.72. The molecule has 1 fully saturated rings. The summed E-state index contributed by atoms with van der Waals surface area (Å²) in [7, 11) is 0. The lowest BCUT2D eigenvalue weighted by Gasteiger charge is -2.33. The molecule has 0 atom stereocenters. The van der Waals surface area contributed by atoms with E-state index in [2.05, 4.69) is 15.7 Å². The number of carbonyl (C=O) groups excluding carboxylic acids is 1. The van der Waals surface area contributed by atoms with Crippen molar-refractivity contribution in [3.8, 4) is 0 Å². The number of likely N-dealkylation sites (tertiary alicyclic amines) is 1. The molecule has 5 nitrogen and oxygen atoms in total. The van der Waals surface area contributed by atoms with Crippen molar-refractivity contribution in [1.82, 2.24) is 15.2 Å². The Morgan fingerprint density at radius 2 is 2.14 bits per heavy atom. The molecule has 0 radical (unpaired) electrons. The lowest BCUT2D eigenvalue weighted by Crippen LogP contribution is -2.46. The standard InChI is InChI=1S/C15H25N3O2S/c1-11-17-13(10-21-11)9-16-12-5-7-18(8-6-12)14(19)20-15(2,3)4/h10,12,16H,5-9H2,1-4H3. The molecular formula is C15H25N3O2S. The van der Waals surface area contributed by atoms with Crippen LogP contribution in [0.4, 0.5) is 4.79 Å². The Labute approximate surface area is 130 Å². The van der Waals surface area contributed by atoms with Crippen LogP contribution in [0.2, 0.25) is 0 Å². The number of aryl methyl sites for hydroxylation is 1. The summed E-state index contributed by atoms with van der Waals surface area (Å²) >= 11 is 1.68. The number of piperidine rings is 1. The van der Waals surface area contributed by atoms with E-state index < -0.39 is 5.60 Å². The Morgan fingerprint density at radius 1 is 1.48 bits per heavy atom. The molecule has 1 aliphatic heterocycles. The van der Waals surface area contributed by atoms with Crippen LogP contribution in [0.3, 0.4) is 0 Å². The zero-order valence-electron chi connectivity index (χ0n) is 13.3. The first-order valence-corrected chi connectivity index (χ1v) is 8.34. The number of carbonyl (C=O) groups is 1. The van der Waals surface area contributed by atoms with Crippen LogP contribution < -0.4 is 5.32 Å². The molecule has 1 aliphatic rings.